The summed E-state index contributed by atoms with van der Waals surface area (Å²) >= 11 is 0. The highest BCUT2D eigenvalue weighted by molar-refractivity contribution is 5.92. The number of rotatable bonds is 4. The Morgan fingerprint density at radius 1 is 1.38 bits per heavy atom. The van der Waals surface area contributed by atoms with E-state index in [0.29, 0.717) is 17.9 Å². The van der Waals surface area contributed by atoms with Crippen LogP contribution in [0.15, 0.2) is 18.3 Å². The first kappa shape index (κ1) is 12.4. The van der Waals surface area contributed by atoms with Gasteiger partial charge in [0.1, 0.15) is 5.69 Å². The van der Waals surface area contributed by atoms with E-state index in [1.165, 1.54) is 0 Å². The molecule has 88 valence electrons. The number of amides is 1. The maximum atomic E-state index is 11.9. The molecule has 0 saturated carbocycles. The van der Waals surface area contributed by atoms with Crippen molar-refractivity contribution in [3.8, 4) is 0 Å². The maximum Gasteiger partial charge on any atom is 0.272 e. The van der Waals surface area contributed by atoms with Crippen LogP contribution in [0, 0.1) is 0 Å². The molecule has 5 nitrogen and oxygen atoms in total. The molecule has 0 aliphatic carbocycles. The summed E-state index contributed by atoms with van der Waals surface area (Å²) in [5.41, 5.74) is 6.54. The molecule has 0 unspecified atom stereocenters. The first-order valence-electron chi connectivity index (χ1n) is 5.12. The summed E-state index contributed by atoms with van der Waals surface area (Å²) in [7, 11) is 5.70. The molecular weight excluding hydrogens is 204 g/mol. The average molecular weight is 222 g/mol. The van der Waals surface area contributed by atoms with Crippen molar-refractivity contribution in [2.75, 3.05) is 40.0 Å². The Morgan fingerprint density at radius 3 is 2.62 bits per heavy atom. The van der Waals surface area contributed by atoms with Crippen LogP contribution in [0.3, 0.4) is 0 Å². The van der Waals surface area contributed by atoms with Crippen molar-refractivity contribution in [3.05, 3.63) is 24.0 Å². The number of carbonyl (C=O) groups excluding carboxylic acids is 1. The van der Waals surface area contributed by atoms with Gasteiger partial charge in [-0.25, -0.2) is 0 Å². The van der Waals surface area contributed by atoms with Crippen molar-refractivity contribution in [3.63, 3.8) is 0 Å². The molecule has 5 heteroatoms. The van der Waals surface area contributed by atoms with Gasteiger partial charge in [0.2, 0.25) is 0 Å². The van der Waals surface area contributed by atoms with Gasteiger partial charge in [0, 0.05) is 32.0 Å². The predicted octanol–water partition coefficient (Wildman–Crippen LogP) is 0.297. The largest absolute Gasteiger partial charge is 0.399 e. The number of nitrogens with zero attached hydrogens (tertiary/aromatic N) is 3. The van der Waals surface area contributed by atoms with E-state index in [4.69, 9.17) is 5.73 Å². The second kappa shape index (κ2) is 5.46. The van der Waals surface area contributed by atoms with Crippen LogP contribution < -0.4 is 5.73 Å². The monoisotopic (exact) mass is 222 g/mol. The standard InChI is InChI=1S/C11H18N4O/c1-14(2)6-7-15(3)11(16)10-8-9(12)4-5-13-10/h4-5,8H,6-7H2,1-3H3,(H2,12,13). The van der Waals surface area contributed by atoms with Gasteiger partial charge in [0.15, 0.2) is 0 Å². The Bertz CT molecular complexity index is 365. The molecule has 1 amide bonds. The van der Waals surface area contributed by atoms with Crippen molar-refractivity contribution in [2.45, 2.75) is 0 Å². The Kier molecular flexibility index (Phi) is 4.25. The Balaban J connectivity index is 2.63. The summed E-state index contributed by atoms with van der Waals surface area (Å²) in [4.78, 5) is 19.6. The first-order valence-corrected chi connectivity index (χ1v) is 5.12. The zero-order valence-electron chi connectivity index (χ0n) is 9.97. The zero-order valence-corrected chi connectivity index (χ0v) is 9.97. The molecule has 0 bridgehead atoms. The van der Waals surface area contributed by atoms with Crippen LogP contribution in [0.2, 0.25) is 0 Å². The third kappa shape index (κ3) is 3.51. The van der Waals surface area contributed by atoms with Gasteiger partial charge in [-0.1, -0.05) is 0 Å². The summed E-state index contributed by atoms with van der Waals surface area (Å²) in [5, 5.41) is 0. The smallest absolute Gasteiger partial charge is 0.272 e. The molecule has 0 saturated heterocycles. The lowest BCUT2D eigenvalue weighted by Gasteiger charge is -2.19. The van der Waals surface area contributed by atoms with Gasteiger partial charge in [-0.15, -0.1) is 0 Å². The van der Waals surface area contributed by atoms with Crippen molar-refractivity contribution >= 4 is 11.6 Å². The number of likely N-dealkylation sites (N-methyl/N-ethyl adjacent to an activating group) is 2. The minimum atomic E-state index is -0.103. The van der Waals surface area contributed by atoms with E-state index in [2.05, 4.69) is 4.98 Å². The molecule has 16 heavy (non-hydrogen) atoms. The number of aromatic nitrogens is 1. The molecule has 1 aromatic heterocycles. The van der Waals surface area contributed by atoms with Gasteiger partial charge in [0.25, 0.3) is 5.91 Å². The minimum Gasteiger partial charge on any atom is -0.399 e. The second-order valence-corrected chi connectivity index (χ2v) is 4.00. The van der Waals surface area contributed by atoms with Crippen molar-refractivity contribution in [1.82, 2.24) is 14.8 Å². The van der Waals surface area contributed by atoms with E-state index in [9.17, 15) is 4.79 Å². The Labute approximate surface area is 95.9 Å². The Hall–Kier alpha value is -1.62. The number of carbonyl (C=O) groups is 1. The van der Waals surface area contributed by atoms with E-state index in [1.54, 1.807) is 30.3 Å². The second-order valence-electron chi connectivity index (χ2n) is 4.00. The summed E-state index contributed by atoms with van der Waals surface area (Å²) in [6, 6.07) is 3.26. The highest BCUT2D eigenvalue weighted by Crippen LogP contribution is 2.05. The average Bonchev–Trinajstić information content (AvgIpc) is 2.24. The van der Waals surface area contributed by atoms with Crippen LogP contribution in [0.4, 0.5) is 5.69 Å². The fourth-order valence-electron chi connectivity index (χ4n) is 1.21. The van der Waals surface area contributed by atoms with Crippen LogP contribution in [0.1, 0.15) is 10.5 Å². The molecule has 0 aliphatic heterocycles. The van der Waals surface area contributed by atoms with Crippen LogP contribution in [-0.2, 0) is 0 Å². The maximum absolute atomic E-state index is 11.9. The normalized spacial score (nSPS) is 10.5. The fraction of sp³-hybridized carbons (Fsp3) is 0.455. The molecule has 0 aliphatic rings. The summed E-state index contributed by atoms with van der Waals surface area (Å²) in [6.45, 7) is 1.49. The SMILES string of the molecule is CN(C)CCN(C)C(=O)c1cc(N)ccn1. The molecule has 2 N–H and O–H groups in total. The highest BCUT2D eigenvalue weighted by Gasteiger charge is 2.12. The third-order valence-corrected chi connectivity index (χ3v) is 2.23. The fourth-order valence-corrected chi connectivity index (χ4v) is 1.21. The molecule has 1 aromatic rings. The number of anilines is 1. The predicted molar refractivity (Wildman–Crippen MR) is 64.2 cm³/mol. The Morgan fingerprint density at radius 2 is 2.06 bits per heavy atom. The van der Waals surface area contributed by atoms with Crippen LogP contribution in [-0.4, -0.2) is 54.9 Å². The van der Waals surface area contributed by atoms with E-state index in [-0.39, 0.29) is 5.91 Å². The van der Waals surface area contributed by atoms with Crippen molar-refractivity contribution in [1.29, 1.82) is 0 Å². The van der Waals surface area contributed by atoms with E-state index < -0.39 is 0 Å². The molecule has 0 atom stereocenters. The van der Waals surface area contributed by atoms with E-state index in [0.717, 1.165) is 6.54 Å². The van der Waals surface area contributed by atoms with Crippen LogP contribution in [0.25, 0.3) is 0 Å². The summed E-state index contributed by atoms with van der Waals surface area (Å²) < 4.78 is 0. The zero-order chi connectivity index (χ0) is 12.1. The lowest BCUT2D eigenvalue weighted by Crippen LogP contribution is -2.33. The number of pyridine rings is 1. The van der Waals surface area contributed by atoms with Gasteiger partial charge >= 0.3 is 0 Å². The number of hydrogen-bond acceptors (Lipinski definition) is 4. The lowest BCUT2D eigenvalue weighted by atomic mass is 10.3. The first-order chi connectivity index (χ1) is 7.50. The molecular formula is C11H18N4O. The van der Waals surface area contributed by atoms with E-state index in [1.807, 2.05) is 19.0 Å². The van der Waals surface area contributed by atoms with Crippen LogP contribution in [0.5, 0.6) is 0 Å². The minimum absolute atomic E-state index is 0.103. The van der Waals surface area contributed by atoms with E-state index >= 15 is 0 Å². The topological polar surface area (TPSA) is 62.5 Å². The van der Waals surface area contributed by atoms with Gasteiger partial charge in [-0.05, 0) is 26.2 Å². The summed E-state index contributed by atoms with van der Waals surface area (Å²) in [6.07, 6.45) is 1.54. The third-order valence-electron chi connectivity index (χ3n) is 2.23. The van der Waals surface area contributed by atoms with Crippen molar-refractivity contribution < 1.29 is 4.79 Å². The molecule has 1 heterocycles. The molecule has 1 rings (SSSR count). The van der Waals surface area contributed by atoms with Gasteiger partial charge < -0.3 is 15.5 Å². The molecule has 0 aromatic carbocycles. The number of nitrogen functional groups attached to an aromatic ring is 1. The molecule has 0 radical (unpaired) electrons. The van der Waals surface area contributed by atoms with Gasteiger partial charge in [-0.2, -0.15) is 0 Å². The van der Waals surface area contributed by atoms with Crippen molar-refractivity contribution in [2.24, 2.45) is 0 Å². The van der Waals surface area contributed by atoms with Crippen LogP contribution >= 0.6 is 0 Å². The van der Waals surface area contributed by atoms with Gasteiger partial charge in [0.05, 0.1) is 0 Å². The quantitative estimate of drug-likeness (QED) is 0.795. The number of nitrogens with two attached hydrogens (primary N) is 1. The number of hydrogen-bond donors (Lipinski definition) is 1. The highest BCUT2D eigenvalue weighted by atomic mass is 16.2. The molecule has 0 fully saturated rings. The molecule has 0 spiro atoms. The lowest BCUT2D eigenvalue weighted by molar-refractivity contribution is 0.0780. The summed E-state index contributed by atoms with van der Waals surface area (Å²) in [5.74, 6) is -0.103. The van der Waals surface area contributed by atoms with Gasteiger partial charge in [-0.3, -0.25) is 9.78 Å².